The molecule has 0 aliphatic carbocycles. The third-order valence-corrected chi connectivity index (χ3v) is 3.32. The molecule has 0 fully saturated rings. The van der Waals surface area contributed by atoms with Crippen LogP contribution in [0.15, 0.2) is 41.5 Å². The van der Waals surface area contributed by atoms with Gasteiger partial charge in [0.1, 0.15) is 11.5 Å². The Morgan fingerprint density at radius 3 is 2.73 bits per heavy atom. The van der Waals surface area contributed by atoms with Gasteiger partial charge >= 0.3 is 0 Å². The molecule has 0 radical (unpaired) electrons. The van der Waals surface area contributed by atoms with Gasteiger partial charge in [-0.15, -0.1) is 0 Å². The van der Waals surface area contributed by atoms with Crippen molar-refractivity contribution in [1.29, 1.82) is 0 Å². The van der Waals surface area contributed by atoms with Crippen molar-refractivity contribution in [3.05, 3.63) is 57.6 Å². The predicted molar refractivity (Wildman–Crippen MR) is 86.2 cm³/mol. The summed E-state index contributed by atoms with van der Waals surface area (Å²) in [4.78, 5) is 12.1. The number of phenols is 1. The first-order valence-corrected chi connectivity index (χ1v) is 6.92. The zero-order valence-corrected chi connectivity index (χ0v) is 13.0. The first kappa shape index (κ1) is 16.1. The molecule has 1 amide bonds. The summed E-state index contributed by atoms with van der Waals surface area (Å²) >= 11 is 11.8. The van der Waals surface area contributed by atoms with Crippen LogP contribution in [0.2, 0.25) is 10.0 Å². The van der Waals surface area contributed by atoms with E-state index in [1.807, 2.05) is 0 Å². The Morgan fingerprint density at radius 1 is 1.27 bits per heavy atom. The maximum atomic E-state index is 12.1. The molecule has 0 atom stereocenters. The van der Waals surface area contributed by atoms with Crippen molar-refractivity contribution in [3.8, 4) is 11.5 Å². The predicted octanol–water partition coefficient (Wildman–Crippen LogP) is 3.47. The van der Waals surface area contributed by atoms with Crippen LogP contribution in [0.1, 0.15) is 15.9 Å². The van der Waals surface area contributed by atoms with Gasteiger partial charge in [-0.05, 0) is 36.4 Å². The minimum absolute atomic E-state index is 0.0508. The topological polar surface area (TPSA) is 70.9 Å². The first-order valence-electron chi connectivity index (χ1n) is 6.16. The molecule has 0 bridgehead atoms. The van der Waals surface area contributed by atoms with E-state index in [1.165, 1.54) is 31.5 Å². The van der Waals surface area contributed by atoms with E-state index in [1.54, 1.807) is 18.2 Å². The zero-order valence-electron chi connectivity index (χ0n) is 11.5. The number of rotatable bonds is 4. The van der Waals surface area contributed by atoms with Crippen molar-refractivity contribution < 1.29 is 14.6 Å². The van der Waals surface area contributed by atoms with Gasteiger partial charge in [0, 0.05) is 10.6 Å². The van der Waals surface area contributed by atoms with E-state index in [2.05, 4.69) is 10.5 Å². The highest BCUT2D eigenvalue weighted by molar-refractivity contribution is 6.33. The zero-order chi connectivity index (χ0) is 16.1. The van der Waals surface area contributed by atoms with Gasteiger partial charge in [-0.25, -0.2) is 5.43 Å². The van der Waals surface area contributed by atoms with Gasteiger partial charge < -0.3 is 9.84 Å². The average Bonchev–Trinajstić information content (AvgIpc) is 2.49. The van der Waals surface area contributed by atoms with E-state index in [0.717, 1.165) is 0 Å². The quantitative estimate of drug-likeness (QED) is 0.662. The molecule has 2 aromatic carbocycles. The third-order valence-electron chi connectivity index (χ3n) is 2.76. The lowest BCUT2D eigenvalue weighted by molar-refractivity contribution is 0.0952. The molecule has 2 rings (SSSR count). The standard InChI is InChI=1S/C15H12Cl2N2O3/c1-22-14-5-3-10(16)6-12(14)15(21)19-18-8-9-2-4-11(20)7-13(9)17/h2-8,20H,1H3,(H,19,21). The molecule has 2 N–H and O–H groups in total. The summed E-state index contributed by atoms with van der Waals surface area (Å²) in [6.45, 7) is 0. The van der Waals surface area contributed by atoms with Crippen LogP contribution in [0.25, 0.3) is 0 Å². The number of carbonyl (C=O) groups excluding carboxylic acids is 1. The number of hydrazone groups is 1. The van der Waals surface area contributed by atoms with Crippen molar-refractivity contribution in [2.45, 2.75) is 0 Å². The number of phenolic OH excluding ortho intramolecular Hbond substituents is 1. The largest absolute Gasteiger partial charge is 0.508 e. The number of nitrogens with one attached hydrogen (secondary N) is 1. The van der Waals surface area contributed by atoms with Crippen molar-refractivity contribution in [2.75, 3.05) is 7.11 Å². The average molecular weight is 339 g/mol. The number of ether oxygens (including phenoxy) is 1. The van der Waals surface area contributed by atoms with Gasteiger partial charge in [0.25, 0.3) is 5.91 Å². The van der Waals surface area contributed by atoms with Crippen molar-refractivity contribution >= 4 is 35.3 Å². The smallest absolute Gasteiger partial charge is 0.275 e. The molecule has 0 aromatic heterocycles. The highest BCUT2D eigenvalue weighted by atomic mass is 35.5. The SMILES string of the molecule is COc1ccc(Cl)cc1C(=O)NN=Cc1ccc(O)cc1Cl. The number of benzene rings is 2. The Labute approximate surface area is 137 Å². The molecule has 0 spiro atoms. The molecule has 2 aromatic rings. The molecule has 0 saturated carbocycles. The van der Waals surface area contributed by atoms with Crippen LogP contribution in [0, 0.1) is 0 Å². The first-order chi connectivity index (χ1) is 10.5. The molecule has 22 heavy (non-hydrogen) atoms. The van der Waals surface area contributed by atoms with Gasteiger partial charge in [0.05, 0.1) is 23.9 Å². The second kappa shape index (κ2) is 7.15. The second-order valence-corrected chi connectivity index (χ2v) is 5.09. The number of hydrogen-bond acceptors (Lipinski definition) is 4. The van der Waals surface area contributed by atoms with E-state index < -0.39 is 5.91 Å². The van der Waals surface area contributed by atoms with Crippen LogP contribution < -0.4 is 10.2 Å². The summed E-state index contributed by atoms with van der Waals surface area (Å²) < 4.78 is 5.10. The maximum Gasteiger partial charge on any atom is 0.275 e. The van der Waals surface area contributed by atoms with Gasteiger partial charge in [-0.3, -0.25) is 4.79 Å². The molecular formula is C15H12Cl2N2O3. The summed E-state index contributed by atoms with van der Waals surface area (Å²) in [5.74, 6) is -0.0277. The Kier molecular flexibility index (Phi) is 5.25. The highest BCUT2D eigenvalue weighted by Crippen LogP contribution is 2.22. The minimum atomic E-state index is -0.467. The number of carbonyl (C=O) groups is 1. The number of halogens is 2. The molecule has 0 aliphatic rings. The molecule has 0 saturated heterocycles. The van der Waals surface area contributed by atoms with E-state index in [9.17, 15) is 9.90 Å². The van der Waals surface area contributed by atoms with Crippen LogP contribution in [-0.4, -0.2) is 24.3 Å². The second-order valence-electron chi connectivity index (χ2n) is 4.25. The van der Waals surface area contributed by atoms with Gasteiger partial charge in [0.15, 0.2) is 0 Å². The van der Waals surface area contributed by atoms with E-state index >= 15 is 0 Å². The third kappa shape index (κ3) is 3.90. The van der Waals surface area contributed by atoms with Gasteiger partial charge in [0.2, 0.25) is 0 Å². The number of methoxy groups -OCH3 is 1. The fourth-order valence-corrected chi connectivity index (χ4v) is 2.09. The summed E-state index contributed by atoms with van der Waals surface area (Å²) in [6.07, 6.45) is 1.37. The fourth-order valence-electron chi connectivity index (χ4n) is 1.70. The Hall–Kier alpha value is -2.24. The minimum Gasteiger partial charge on any atom is -0.508 e. The summed E-state index contributed by atoms with van der Waals surface area (Å²) in [7, 11) is 1.46. The number of amides is 1. The van der Waals surface area contributed by atoms with Crippen LogP contribution in [0.4, 0.5) is 0 Å². The molecular weight excluding hydrogens is 327 g/mol. The van der Waals surface area contributed by atoms with Crippen LogP contribution >= 0.6 is 23.2 Å². The van der Waals surface area contributed by atoms with Crippen LogP contribution in [0.5, 0.6) is 11.5 Å². The van der Waals surface area contributed by atoms with E-state index in [-0.39, 0.29) is 11.3 Å². The Morgan fingerprint density at radius 2 is 2.05 bits per heavy atom. The maximum absolute atomic E-state index is 12.1. The van der Waals surface area contributed by atoms with E-state index in [0.29, 0.717) is 21.4 Å². The normalized spacial score (nSPS) is 10.7. The molecule has 0 aliphatic heterocycles. The molecule has 0 unspecified atom stereocenters. The summed E-state index contributed by atoms with van der Waals surface area (Å²) in [6, 6.07) is 9.13. The fraction of sp³-hybridized carbons (Fsp3) is 0.0667. The summed E-state index contributed by atoms with van der Waals surface area (Å²) in [5, 5.41) is 13.8. The van der Waals surface area contributed by atoms with Crippen LogP contribution in [0.3, 0.4) is 0 Å². The van der Waals surface area contributed by atoms with Gasteiger partial charge in [-0.2, -0.15) is 5.10 Å². The molecule has 114 valence electrons. The molecule has 0 heterocycles. The molecule has 5 nitrogen and oxygen atoms in total. The summed E-state index contributed by atoms with van der Waals surface area (Å²) in [5.41, 5.74) is 3.18. The Balaban J connectivity index is 2.13. The van der Waals surface area contributed by atoms with Crippen molar-refractivity contribution in [1.82, 2.24) is 5.43 Å². The van der Waals surface area contributed by atoms with Gasteiger partial charge in [-0.1, -0.05) is 23.2 Å². The van der Waals surface area contributed by atoms with E-state index in [4.69, 9.17) is 27.9 Å². The lowest BCUT2D eigenvalue weighted by atomic mass is 10.2. The van der Waals surface area contributed by atoms with Crippen molar-refractivity contribution in [2.24, 2.45) is 5.10 Å². The number of hydrogen-bond donors (Lipinski definition) is 2. The lowest BCUT2D eigenvalue weighted by Gasteiger charge is -2.07. The molecule has 7 heteroatoms. The van der Waals surface area contributed by atoms with Crippen LogP contribution in [-0.2, 0) is 0 Å². The highest BCUT2D eigenvalue weighted by Gasteiger charge is 2.12. The Bertz CT molecular complexity index is 733. The number of nitrogens with zero attached hydrogens (tertiary/aromatic N) is 1. The number of aromatic hydroxyl groups is 1. The van der Waals surface area contributed by atoms with Crippen molar-refractivity contribution in [3.63, 3.8) is 0 Å². The lowest BCUT2D eigenvalue weighted by Crippen LogP contribution is -2.18. The monoisotopic (exact) mass is 338 g/mol.